The van der Waals surface area contributed by atoms with Crippen LogP contribution in [0.3, 0.4) is 0 Å². The molecule has 0 unspecified atom stereocenters. The van der Waals surface area contributed by atoms with Crippen LogP contribution < -0.4 is 5.46 Å². The highest BCUT2D eigenvalue weighted by molar-refractivity contribution is 9.10. The van der Waals surface area contributed by atoms with Crippen molar-refractivity contribution in [2.24, 2.45) is 0 Å². The van der Waals surface area contributed by atoms with Crippen LogP contribution in [0.4, 0.5) is 0 Å². The molecule has 1 aliphatic carbocycles. The third-order valence-corrected chi connectivity index (χ3v) is 5.07. The third-order valence-electron chi connectivity index (χ3n) is 4.57. The van der Waals surface area contributed by atoms with E-state index in [1.54, 1.807) is 0 Å². The topological polar surface area (TPSA) is 18.5 Å². The zero-order chi connectivity index (χ0) is 13.8. The number of hydrogen-bond acceptors (Lipinski definition) is 2. The predicted octanol–water partition coefficient (Wildman–Crippen LogP) is 3.63. The van der Waals surface area contributed by atoms with Crippen LogP contribution in [0.25, 0.3) is 0 Å². The minimum absolute atomic E-state index is 0.242. The first-order chi connectivity index (χ1) is 8.80. The lowest BCUT2D eigenvalue weighted by molar-refractivity contribution is 0.00578. The highest BCUT2D eigenvalue weighted by Gasteiger charge is 2.52. The minimum Gasteiger partial charge on any atom is -0.399 e. The van der Waals surface area contributed by atoms with Gasteiger partial charge in [0.1, 0.15) is 0 Å². The van der Waals surface area contributed by atoms with E-state index in [-0.39, 0.29) is 18.3 Å². The molecule has 0 spiro atoms. The van der Waals surface area contributed by atoms with Crippen molar-refractivity contribution in [3.8, 4) is 0 Å². The van der Waals surface area contributed by atoms with Crippen molar-refractivity contribution in [3.05, 3.63) is 28.2 Å². The second kappa shape index (κ2) is 4.34. The summed E-state index contributed by atoms with van der Waals surface area (Å²) in [7, 11) is -0.242. The summed E-state index contributed by atoms with van der Waals surface area (Å²) in [5, 5.41) is 0. The van der Waals surface area contributed by atoms with E-state index in [4.69, 9.17) is 9.31 Å². The molecular formula is C15H20BBrO2. The van der Waals surface area contributed by atoms with Gasteiger partial charge < -0.3 is 9.31 Å². The minimum atomic E-state index is -0.272. The fraction of sp³-hybridized carbons (Fsp3) is 0.600. The van der Waals surface area contributed by atoms with Gasteiger partial charge in [0.25, 0.3) is 0 Å². The predicted molar refractivity (Wildman–Crippen MR) is 81.8 cm³/mol. The molecule has 2 nitrogen and oxygen atoms in total. The van der Waals surface area contributed by atoms with Gasteiger partial charge in [-0.3, -0.25) is 0 Å². The van der Waals surface area contributed by atoms with Crippen molar-refractivity contribution in [1.82, 2.24) is 0 Å². The molecule has 19 heavy (non-hydrogen) atoms. The van der Waals surface area contributed by atoms with Gasteiger partial charge in [0.2, 0.25) is 0 Å². The Labute approximate surface area is 124 Å². The van der Waals surface area contributed by atoms with Crippen molar-refractivity contribution in [3.63, 3.8) is 0 Å². The van der Waals surface area contributed by atoms with Gasteiger partial charge in [-0.05, 0) is 69.6 Å². The number of halogens is 1. The van der Waals surface area contributed by atoms with E-state index in [0.717, 1.165) is 4.47 Å². The zero-order valence-corrected chi connectivity index (χ0v) is 13.6. The Kier molecular flexibility index (Phi) is 3.12. The molecule has 0 N–H and O–H groups in total. The average molecular weight is 323 g/mol. The van der Waals surface area contributed by atoms with Crippen LogP contribution in [0.2, 0.25) is 0 Å². The van der Waals surface area contributed by atoms with Gasteiger partial charge in [-0.2, -0.15) is 0 Å². The van der Waals surface area contributed by atoms with E-state index in [9.17, 15) is 0 Å². The van der Waals surface area contributed by atoms with Gasteiger partial charge in [-0.25, -0.2) is 0 Å². The first-order valence-electron chi connectivity index (χ1n) is 6.95. The molecule has 1 aromatic carbocycles. The van der Waals surface area contributed by atoms with E-state index in [0.29, 0.717) is 5.92 Å². The van der Waals surface area contributed by atoms with Crippen LogP contribution >= 0.6 is 15.9 Å². The van der Waals surface area contributed by atoms with Crippen LogP contribution in [0.15, 0.2) is 22.7 Å². The zero-order valence-electron chi connectivity index (χ0n) is 12.0. The molecule has 1 aliphatic heterocycles. The Morgan fingerprint density at radius 1 is 1.11 bits per heavy atom. The Morgan fingerprint density at radius 2 is 1.68 bits per heavy atom. The van der Waals surface area contributed by atoms with Crippen LogP contribution in [0, 0.1) is 0 Å². The van der Waals surface area contributed by atoms with E-state index < -0.39 is 0 Å². The summed E-state index contributed by atoms with van der Waals surface area (Å²) in [6, 6.07) is 6.43. The average Bonchev–Trinajstić information content (AvgIpc) is 3.07. The summed E-state index contributed by atoms with van der Waals surface area (Å²) >= 11 is 3.56. The van der Waals surface area contributed by atoms with Gasteiger partial charge in [-0.1, -0.05) is 22.0 Å². The lowest BCUT2D eigenvalue weighted by atomic mass is 9.75. The maximum Gasteiger partial charge on any atom is 0.495 e. The summed E-state index contributed by atoms with van der Waals surface area (Å²) in [6.07, 6.45) is 2.56. The molecule has 0 amide bonds. The van der Waals surface area contributed by atoms with Crippen LogP contribution in [0.1, 0.15) is 52.0 Å². The van der Waals surface area contributed by atoms with Gasteiger partial charge >= 0.3 is 7.12 Å². The molecule has 0 radical (unpaired) electrons. The summed E-state index contributed by atoms with van der Waals surface area (Å²) < 4.78 is 13.5. The third kappa shape index (κ3) is 2.39. The summed E-state index contributed by atoms with van der Waals surface area (Å²) in [6.45, 7) is 8.40. The van der Waals surface area contributed by atoms with Crippen LogP contribution in [-0.2, 0) is 9.31 Å². The van der Waals surface area contributed by atoms with Crippen molar-refractivity contribution in [1.29, 1.82) is 0 Å². The SMILES string of the molecule is CC1(C)OB(c2ccc(Br)cc2C2CC2)OC1(C)C. The summed E-state index contributed by atoms with van der Waals surface area (Å²) in [4.78, 5) is 0. The molecule has 2 fully saturated rings. The first kappa shape index (κ1) is 13.7. The van der Waals surface area contributed by atoms with Crippen LogP contribution in [0.5, 0.6) is 0 Å². The van der Waals surface area contributed by atoms with E-state index >= 15 is 0 Å². The second-order valence-corrected chi connectivity index (χ2v) is 7.55. The largest absolute Gasteiger partial charge is 0.495 e. The quantitative estimate of drug-likeness (QED) is 0.774. The Hall–Kier alpha value is -0.315. The number of hydrogen-bond donors (Lipinski definition) is 0. The lowest BCUT2D eigenvalue weighted by Gasteiger charge is -2.32. The molecule has 1 aromatic rings. The molecule has 1 saturated heterocycles. The van der Waals surface area contributed by atoms with Gasteiger partial charge in [0.15, 0.2) is 0 Å². The van der Waals surface area contributed by atoms with Gasteiger partial charge in [0, 0.05) is 4.47 Å². The maximum atomic E-state index is 6.17. The fourth-order valence-electron chi connectivity index (χ4n) is 2.48. The molecule has 102 valence electrons. The molecule has 4 heteroatoms. The Bertz CT molecular complexity index is 493. The van der Waals surface area contributed by atoms with E-state index in [2.05, 4.69) is 61.8 Å². The van der Waals surface area contributed by atoms with Crippen molar-refractivity contribution in [2.75, 3.05) is 0 Å². The molecular weight excluding hydrogens is 303 g/mol. The van der Waals surface area contributed by atoms with Crippen molar-refractivity contribution >= 4 is 28.5 Å². The Morgan fingerprint density at radius 3 is 2.21 bits per heavy atom. The highest BCUT2D eigenvalue weighted by atomic mass is 79.9. The second-order valence-electron chi connectivity index (χ2n) is 6.64. The van der Waals surface area contributed by atoms with Crippen molar-refractivity contribution < 1.29 is 9.31 Å². The van der Waals surface area contributed by atoms with Gasteiger partial charge in [-0.15, -0.1) is 0 Å². The highest BCUT2D eigenvalue weighted by Crippen LogP contribution is 2.42. The molecule has 1 heterocycles. The summed E-state index contributed by atoms with van der Waals surface area (Å²) in [5.41, 5.74) is 2.04. The molecule has 3 rings (SSSR count). The van der Waals surface area contributed by atoms with E-state index in [1.807, 2.05) is 0 Å². The molecule has 0 atom stereocenters. The molecule has 0 aromatic heterocycles. The maximum absolute atomic E-state index is 6.17. The lowest BCUT2D eigenvalue weighted by Crippen LogP contribution is -2.41. The number of benzene rings is 1. The first-order valence-corrected chi connectivity index (χ1v) is 7.74. The van der Waals surface area contributed by atoms with E-state index in [1.165, 1.54) is 23.9 Å². The molecule has 0 bridgehead atoms. The monoisotopic (exact) mass is 322 g/mol. The van der Waals surface area contributed by atoms with Crippen LogP contribution in [-0.4, -0.2) is 18.3 Å². The summed E-state index contributed by atoms with van der Waals surface area (Å²) in [5.74, 6) is 0.687. The fourth-order valence-corrected chi connectivity index (χ4v) is 2.86. The molecule has 2 aliphatic rings. The van der Waals surface area contributed by atoms with Crippen molar-refractivity contribution in [2.45, 2.75) is 57.7 Å². The Balaban J connectivity index is 1.96. The standard InChI is InChI=1S/C15H20BBrO2/c1-14(2)15(3,4)19-16(18-14)13-8-7-11(17)9-12(13)10-5-6-10/h7-10H,5-6H2,1-4H3. The molecule has 1 saturated carbocycles. The normalized spacial score (nSPS) is 24.8. The van der Waals surface area contributed by atoms with Gasteiger partial charge in [0.05, 0.1) is 11.2 Å². The smallest absolute Gasteiger partial charge is 0.399 e. The number of rotatable bonds is 2.